The molecule has 0 unspecified atom stereocenters. The molecule has 2 fully saturated rings. The van der Waals surface area contributed by atoms with Crippen molar-refractivity contribution in [2.75, 3.05) is 20.1 Å². The third kappa shape index (κ3) is 7.67. The average Bonchev–Trinajstić information content (AvgIpc) is 2.43. The molecule has 0 bridgehead atoms. The van der Waals surface area contributed by atoms with Crippen LogP contribution in [-0.4, -0.2) is 25.0 Å². The van der Waals surface area contributed by atoms with Crippen molar-refractivity contribution in [3.63, 3.8) is 0 Å². The van der Waals surface area contributed by atoms with Gasteiger partial charge in [0.15, 0.2) is 0 Å². The second-order valence-corrected chi connectivity index (χ2v) is 8.02. The molecule has 20 heavy (non-hydrogen) atoms. The van der Waals surface area contributed by atoms with Crippen LogP contribution in [0.5, 0.6) is 0 Å². The lowest BCUT2D eigenvalue weighted by Crippen LogP contribution is -2.30. The highest BCUT2D eigenvalue weighted by atomic mass is 15.1. The van der Waals surface area contributed by atoms with Crippen LogP contribution < -0.4 is 0 Å². The Hall–Kier alpha value is -0.0400. The number of rotatable bonds is 3. The second kappa shape index (κ2) is 9.82. The molecule has 1 saturated heterocycles. The molecule has 1 heteroatoms. The smallest absolute Gasteiger partial charge is 0.00191 e. The Morgan fingerprint density at radius 1 is 0.850 bits per heavy atom. The fourth-order valence-electron chi connectivity index (χ4n) is 3.77. The van der Waals surface area contributed by atoms with Gasteiger partial charge in [0.1, 0.15) is 0 Å². The van der Waals surface area contributed by atoms with Crippen LogP contribution in [0.25, 0.3) is 0 Å². The highest BCUT2D eigenvalue weighted by molar-refractivity contribution is 4.70. The van der Waals surface area contributed by atoms with Crippen LogP contribution in [0.2, 0.25) is 0 Å². The summed E-state index contributed by atoms with van der Waals surface area (Å²) in [5, 5.41) is 0. The quantitative estimate of drug-likeness (QED) is 0.651. The molecule has 1 aliphatic heterocycles. The lowest BCUT2D eigenvalue weighted by molar-refractivity contribution is 0.201. The molecule has 0 aromatic carbocycles. The van der Waals surface area contributed by atoms with Gasteiger partial charge in [-0.2, -0.15) is 0 Å². The molecule has 0 radical (unpaired) electrons. The lowest BCUT2D eigenvalue weighted by Gasteiger charge is -2.29. The molecule has 0 amide bonds. The Labute approximate surface area is 128 Å². The Kier molecular flexibility index (Phi) is 8.84. The van der Waals surface area contributed by atoms with E-state index < -0.39 is 0 Å². The zero-order valence-corrected chi connectivity index (χ0v) is 14.8. The van der Waals surface area contributed by atoms with Crippen molar-refractivity contribution in [2.24, 2.45) is 23.7 Å². The van der Waals surface area contributed by atoms with Crippen LogP contribution in [-0.2, 0) is 0 Å². The third-order valence-corrected chi connectivity index (χ3v) is 5.24. The van der Waals surface area contributed by atoms with Gasteiger partial charge in [-0.05, 0) is 63.1 Å². The lowest BCUT2D eigenvalue weighted by atomic mass is 9.82. The molecule has 2 aliphatic rings. The number of hydrogen-bond acceptors (Lipinski definition) is 1. The van der Waals surface area contributed by atoms with Gasteiger partial charge in [-0.25, -0.2) is 0 Å². The standard InChI is InChI=1S/C10H21N.C9H18/c1-9(2)8-10-4-6-11(3)7-5-10;1-8(2)9-6-4-3-5-7-9/h9-10H,4-8H2,1-3H3;8-9H,3-7H2,1-2H3. The monoisotopic (exact) mass is 281 g/mol. The van der Waals surface area contributed by atoms with Gasteiger partial charge in [0, 0.05) is 0 Å². The maximum Gasteiger partial charge on any atom is -0.00191 e. The van der Waals surface area contributed by atoms with E-state index in [0.29, 0.717) is 0 Å². The predicted molar refractivity (Wildman–Crippen MR) is 91.1 cm³/mol. The van der Waals surface area contributed by atoms with Crippen LogP contribution in [0, 0.1) is 23.7 Å². The molecule has 1 heterocycles. The minimum atomic E-state index is 0.892. The number of likely N-dealkylation sites (tertiary alicyclic amines) is 1. The first-order valence-corrected chi connectivity index (χ1v) is 9.17. The van der Waals surface area contributed by atoms with Gasteiger partial charge < -0.3 is 4.90 Å². The van der Waals surface area contributed by atoms with Crippen molar-refractivity contribution >= 4 is 0 Å². The summed E-state index contributed by atoms with van der Waals surface area (Å²) in [5.74, 6) is 3.90. The normalized spacial score (nSPS) is 22.9. The zero-order chi connectivity index (χ0) is 15.0. The fourth-order valence-corrected chi connectivity index (χ4v) is 3.77. The van der Waals surface area contributed by atoms with Gasteiger partial charge in [0.05, 0.1) is 0 Å². The van der Waals surface area contributed by atoms with Crippen molar-refractivity contribution in [2.45, 2.75) is 79.1 Å². The SMILES string of the molecule is CC(C)C1CCCCC1.CC(C)CC1CCN(C)CC1. The predicted octanol–water partition coefficient (Wildman–Crippen LogP) is 5.60. The van der Waals surface area contributed by atoms with Gasteiger partial charge in [0.25, 0.3) is 0 Å². The summed E-state index contributed by atoms with van der Waals surface area (Å²) in [4.78, 5) is 2.44. The average molecular weight is 282 g/mol. The molecular weight excluding hydrogens is 242 g/mol. The van der Waals surface area contributed by atoms with Crippen molar-refractivity contribution < 1.29 is 0 Å². The Morgan fingerprint density at radius 2 is 1.40 bits per heavy atom. The zero-order valence-electron chi connectivity index (χ0n) is 14.8. The van der Waals surface area contributed by atoms with Crippen molar-refractivity contribution in [1.29, 1.82) is 0 Å². The topological polar surface area (TPSA) is 3.24 Å². The molecule has 1 aliphatic carbocycles. The van der Waals surface area contributed by atoms with Crippen LogP contribution in [0.3, 0.4) is 0 Å². The summed E-state index contributed by atoms with van der Waals surface area (Å²) in [5.41, 5.74) is 0. The summed E-state index contributed by atoms with van der Waals surface area (Å²) in [6, 6.07) is 0. The van der Waals surface area contributed by atoms with E-state index in [0.717, 1.165) is 23.7 Å². The summed E-state index contributed by atoms with van der Waals surface area (Å²) in [7, 11) is 2.23. The van der Waals surface area contributed by atoms with Gasteiger partial charge in [-0.1, -0.05) is 59.8 Å². The summed E-state index contributed by atoms with van der Waals surface area (Å²) in [6.07, 6.45) is 11.8. The Balaban J connectivity index is 0.000000204. The van der Waals surface area contributed by atoms with Crippen molar-refractivity contribution in [3.8, 4) is 0 Å². The van der Waals surface area contributed by atoms with Crippen LogP contribution in [0.15, 0.2) is 0 Å². The Morgan fingerprint density at radius 3 is 1.80 bits per heavy atom. The first-order chi connectivity index (χ1) is 9.49. The maximum atomic E-state index is 2.44. The second-order valence-electron chi connectivity index (χ2n) is 8.02. The molecule has 0 spiro atoms. The van der Waals surface area contributed by atoms with Crippen molar-refractivity contribution in [1.82, 2.24) is 4.90 Å². The third-order valence-electron chi connectivity index (χ3n) is 5.24. The molecule has 1 nitrogen and oxygen atoms in total. The molecule has 2 rings (SSSR count). The summed E-state index contributed by atoms with van der Waals surface area (Å²) >= 11 is 0. The summed E-state index contributed by atoms with van der Waals surface area (Å²) in [6.45, 7) is 12.0. The first kappa shape index (κ1) is 18.0. The highest BCUT2D eigenvalue weighted by Crippen LogP contribution is 2.29. The van der Waals surface area contributed by atoms with Gasteiger partial charge in [-0.3, -0.25) is 0 Å². The maximum absolute atomic E-state index is 2.44. The van der Waals surface area contributed by atoms with Gasteiger partial charge in [-0.15, -0.1) is 0 Å². The van der Waals surface area contributed by atoms with Gasteiger partial charge >= 0.3 is 0 Å². The molecule has 120 valence electrons. The number of nitrogens with zero attached hydrogens (tertiary/aromatic N) is 1. The number of hydrogen-bond donors (Lipinski definition) is 0. The van der Waals surface area contributed by atoms with E-state index in [9.17, 15) is 0 Å². The van der Waals surface area contributed by atoms with Crippen LogP contribution in [0.1, 0.15) is 79.1 Å². The number of piperidine rings is 1. The summed E-state index contributed by atoms with van der Waals surface area (Å²) < 4.78 is 0. The van der Waals surface area contributed by atoms with E-state index in [1.807, 2.05) is 0 Å². The minimum absolute atomic E-state index is 0.892. The molecule has 0 aromatic heterocycles. The van der Waals surface area contributed by atoms with Crippen LogP contribution in [0.4, 0.5) is 0 Å². The molecular formula is C19H39N. The molecule has 0 N–H and O–H groups in total. The minimum Gasteiger partial charge on any atom is -0.306 e. The van der Waals surface area contributed by atoms with Crippen LogP contribution >= 0.6 is 0 Å². The van der Waals surface area contributed by atoms with Crippen molar-refractivity contribution in [3.05, 3.63) is 0 Å². The Bertz CT molecular complexity index is 220. The largest absolute Gasteiger partial charge is 0.306 e. The molecule has 1 saturated carbocycles. The molecule has 0 atom stereocenters. The van der Waals surface area contributed by atoms with E-state index in [1.54, 1.807) is 0 Å². The molecule has 0 aromatic rings. The first-order valence-electron chi connectivity index (χ1n) is 9.17. The van der Waals surface area contributed by atoms with Gasteiger partial charge in [0.2, 0.25) is 0 Å². The highest BCUT2D eigenvalue weighted by Gasteiger charge is 2.17. The van der Waals surface area contributed by atoms with E-state index in [2.05, 4.69) is 39.6 Å². The van der Waals surface area contributed by atoms with E-state index in [4.69, 9.17) is 0 Å². The van der Waals surface area contributed by atoms with E-state index in [1.165, 1.54) is 64.5 Å². The van der Waals surface area contributed by atoms with E-state index in [-0.39, 0.29) is 0 Å². The van der Waals surface area contributed by atoms with E-state index >= 15 is 0 Å². The fraction of sp³-hybridized carbons (Fsp3) is 1.00.